The van der Waals surface area contributed by atoms with E-state index < -0.39 is 27.4 Å². The predicted octanol–water partition coefficient (Wildman–Crippen LogP) is 5.16. The van der Waals surface area contributed by atoms with E-state index in [2.05, 4.69) is 0 Å². The molecule has 0 aliphatic carbocycles. The maximum absolute atomic E-state index is 14.4. The van der Waals surface area contributed by atoms with E-state index in [-0.39, 0.29) is 22.8 Å². The maximum Gasteiger partial charge on any atom is 0.427 e. The van der Waals surface area contributed by atoms with E-state index in [4.69, 9.17) is 0 Å². The Morgan fingerprint density at radius 2 is 1.40 bits per heavy atom. The van der Waals surface area contributed by atoms with Gasteiger partial charge in [0.1, 0.15) is 0 Å². The lowest BCUT2D eigenvalue weighted by atomic mass is 9.89. The molecule has 5 nitrogen and oxygen atoms in total. The zero-order chi connectivity index (χ0) is 25.3. The molecule has 0 amide bonds. The van der Waals surface area contributed by atoms with Crippen LogP contribution in [0, 0.1) is 0 Å². The molecule has 0 aliphatic rings. The third-order valence-corrected chi connectivity index (χ3v) is 7.66. The van der Waals surface area contributed by atoms with Crippen molar-refractivity contribution in [3.05, 3.63) is 120 Å². The highest BCUT2D eigenvalue weighted by molar-refractivity contribution is 7.92. The van der Waals surface area contributed by atoms with E-state index in [0.717, 1.165) is 22.0 Å². The molecule has 35 heavy (non-hydrogen) atoms. The predicted molar refractivity (Wildman–Crippen MR) is 128 cm³/mol. The van der Waals surface area contributed by atoms with Gasteiger partial charge in [0.15, 0.2) is 0 Å². The molecule has 1 atom stereocenters. The van der Waals surface area contributed by atoms with Gasteiger partial charge in [0.25, 0.3) is 10.0 Å². The molecule has 1 N–H and O–H groups in total. The van der Waals surface area contributed by atoms with E-state index in [1.807, 2.05) is 6.07 Å². The maximum atomic E-state index is 14.4. The number of hydrogen-bond donors (Lipinski definition) is 1. The summed E-state index contributed by atoms with van der Waals surface area (Å²) in [7, 11) is -2.59. The van der Waals surface area contributed by atoms with Crippen molar-refractivity contribution >= 4 is 15.7 Å². The summed E-state index contributed by atoms with van der Waals surface area (Å²) in [6.45, 7) is 0.137. The lowest BCUT2D eigenvalue weighted by Gasteiger charge is -2.32. The first-order chi connectivity index (χ1) is 16.5. The van der Waals surface area contributed by atoms with E-state index in [1.54, 1.807) is 42.5 Å². The Labute approximate surface area is 201 Å². The van der Waals surface area contributed by atoms with Gasteiger partial charge in [-0.15, -0.1) is 0 Å². The fraction of sp³-hybridized carbons (Fsp3) is 0.154. The molecule has 9 heteroatoms. The zero-order valence-corrected chi connectivity index (χ0v) is 19.5. The van der Waals surface area contributed by atoms with Gasteiger partial charge in [0, 0.05) is 19.8 Å². The zero-order valence-electron chi connectivity index (χ0n) is 18.7. The third kappa shape index (κ3) is 4.56. The van der Waals surface area contributed by atoms with Crippen molar-refractivity contribution in [1.29, 1.82) is 0 Å². The fourth-order valence-corrected chi connectivity index (χ4v) is 5.14. The van der Waals surface area contributed by atoms with Crippen molar-refractivity contribution in [3.8, 4) is 0 Å². The van der Waals surface area contributed by atoms with Crippen LogP contribution in [0.25, 0.3) is 0 Å². The molecule has 3 aromatic carbocycles. The minimum atomic E-state index is -5.04. The number of alkyl halides is 3. The summed E-state index contributed by atoms with van der Waals surface area (Å²) in [4.78, 5) is 0.0529. The number of benzene rings is 3. The second-order valence-electron chi connectivity index (χ2n) is 8.05. The lowest BCUT2D eigenvalue weighted by molar-refractivity contribution is -0.250. The molecule has 0 saturated heterocycles. The van der Waals surface area contributed by atoms with Gasteiger partial charge in [-0.1, -0.05) is 60.7 Å². The van der Waals surface area contributed by atoms with E-state index in [1.165, 1.54) is 54.2 Å². The average Bonchev–Trinajstić information content (AvgIpc) is 3.32. The van der Waals surface area contributed by atoms with E-state index in [0.29, 0.717) is 0 Å². The van der Waals surface area contributed by atoms with Crippen molar-refractivity contribution in [1.82, 2.24) is 4.57 Å². The first-order valence-electron chi connectivity index (χ1n) is 10.7. The lowest BCUT2D eigenvalue weighted by Crippen LogP contribution is -2.45. The van der Waals surface area contributed by atoms with Gasteiger partial charge in [-0.3, -0.25) is 4.31 Å². The molecule has 0 fully saturated rings. The quantitative estimate of drug-likeness (QED) is 0.381. The average molecular weight is 501 g/mol. The van der Waals surface area contributed by atoms with Gasteiger partial charge in [-0.25, -0.2) is 8.42 Å². The van der Waals surface area contributed by atoms with Gasteiger partial charge < -0.3 is 9.67 Å². The van der Waals surface area contributed by atoms with Crippen LogP contribution in [0.2, 0.25) is 0 Å². The highest BCUT2D eigenvalue weighted by atomic mass is 32.2. The van der Waals surface area contributed by atoms with Crippen molar-refractivity contribution in [2.75, 3.05) is 11.4 Å². The number of nitrogens with zero attached hydrogens (tertiary/aromatic N) is 2. The molecular weight excluding hydrogens is 477 g/mol. The second kappa shape index (κ2) is 9.24. The first kappa shape index (κ1) is 24.6. The van der Waals surface area contributed by atoms with Crippen LogP contribution in [0.3, 0.4) is 0 Å². The number of anilines is 1. The minimum Gasteiger partial charge on any atom is -0.371 e. The highest BCUT2D eigenvalue weighted by Crippen LogP contribution is 2.45. The molecule has 1 heterocycles. The van der Waals surface area contributed by atoms with E-state index in [9.17, 15) is 26.7 Å². The third-order valence-electron chi connectivity index (χ3n) is 5.86. The van der Waals surface area contributed by atoms with Gasteiger partial charge in [-0.05, 0) is 47.5 Å². The summed E-state index contributed by atoms with van der Waals surface area (Å²) in [5.41, 5.74) is -3.14. The monoisotopic (exact) mass is 500 g/mol. The number of halogens is 3. The van der Waals surface area contributed by atoms with Crippen LogP contribution in [-0.4, -0.2) is 31.3 Å². The molecule has 4 rings (SSSR count). The number of hydrogen-bond acceptors (Lipinski definition) is 3. The minimum absolute atomic E-state index is 0.0529. The standard InChI is InChI=1S/C26H23F3N2O3S/c1-30(35(33,34)23-11-6-3-7-12-23)22-16-14-21(15-17-22)25(32,26(27,28)29)24-13-8-18-31(24)19-20-9-4-2-5-10-20/h2-18,32H,19H2,1H3. The molecule has 182 valence electrons. The normalized spacial score (nSPS) is 13.9. The summed E-state index contributed by atoms with van der Waals surface area (Å²) >= 11 is 0. The molecule has 1 aromatic heterocycles. The molecule has 0 aliphatic heterocycles. The number of rotatable bonds is 7. The van der Waals surface area contributed by atoms with Gasteiger partial charge in [0.2, 0.25) is 5.60 Å². The van der Waals surface area contributed by atoms with Crippen molar-refractivity contribution in [2.24, 2.45) is 0 Å². The number of aliphatic hydroxyl groups is 1. The Morgan fingerprint density at radius 1 is 0.829 bits per heavy atom. The smallest absolute Gasteiger partial charge is 0.371 e. The van der Waals surface area contributed by atoms with Crippen LogP contribution >= 0.6 is 0 Å². The molecule has 4 aromatic rings. The van der Waals surface area contributed by atoms with Gasteiger partial charge >= 0.3 is 6.18 Å². The van der Waals surface area contributed by atoms with Crippen molar-refractivity contribution in [3.63, 3.8) is 0 Å². The van der Waals surface area contributed by atoms with E-state index >= 15 is 0 Å². The second-order valence-corrected chi connectivity index (χ2v) is 10.0. The summed E-state index contributed by atoms with van der Waals surface area (Å²) in [5, 5.41) is 11.1. The molecule has 0 bridgehead atoms. The Morgan fingerprint density at radius 3 is 1.97 bits per heavy atom. The van der Waals surface area contributed by atoms with Gasteiger partial charge in [-0.2, -0.15) is 13.2 Å². The largest absolute Gasteiger partial charge is 0.427 e. The first-order valence-corrected chi connectivity index (χ1v) is 12.1. The Hall–Kier alpha value is -3.56. The molecule has 1 unspecified atom stereocenters. The summed E-state index contributed by atoms with van der Waals surface area (Å²) in [6.07, 6.45) is -3.56. The SMILES string of the molecule is CN(c1ccc(C(O)(c2cccn2Cc2ccccc2)C(F)(F)F)cc1)S(=O)(=O)c1ccccc1. The molecular formula is C26H23F3N2O3S. The summed E-state index contributed by atoms with van der Waals surface area (Å²) < 4.78 is 71.2. The molecule has 0 radical (unpaired) electrons. The molecule has 0 saturated carbocycles. The van der Waals surface area contributed by atoms with Crippen molar-refractivity contribution < 1.29 is 26.7 Å². The Balaban J connectivity index is 1.71. The molecule has 0 spiro atoms. The number of sulfonamides is 1. The van der Waals surface area contributed by atoms with Crippen LogP contribution in [0.15, 0.2) is 108 Å². The Bertz CT molecular complexity index is 1390. The van der Waals surface area contributed by atoms with Crippen LogP contribution in [0.5, 0.6) is 0 Å². The highest BCUT2D eigenvalue weighted by Gasteiger charge is 2.57. The van der Waals surface area contributed by atoms with Crippen molar-refractivity contribution in [2.45, 2.75) is 23.2 Å². The van der Waals surface area contributed by atoms with Crippen LogP contribution in [0.1, 0.15) is 16.8 Å². The van der Waals surface area contributed by atoms with Gasteiger partial charge in [0.05, 0.1) is 16.3 Å². The number of aromatic nitrogens is 1. The van der Waals surface area contributed by atoms with Crippen LogP contribution < -0.4 is 4.31 Å². The summed E-state index contributed by atoms with van der Waals surface area (Å²) in [5.74, 6) is 0. The van der Waals surface area contributed by atoms with Crippen LogP contribution in [0.4, 0.5) is 18.9 Å². The fourth-order valence-electron chi connectivity index (χ4n) is 3.92. The summed E-state index contributed by atoms with van der Waals surface area (Å²) in [6, 6.07) is 24.0. The van der Waals surface area contributed by atoms with Crippen LogP contribution in [-0.2, 0) is 22.2 Å². The topological polar surface area (TPSA) is 62.5 Å². The Kier molecular flexibility index (Phi) is 6.48.